The van der Waals surface area contributed by atoms with Crippen LogP contribution in [-0.2, 0) is 0 Å². The maximum Gasteiger partial charge on any atom is 0.134 e. The first-order valence-corrected chi connectivity index (χ1v) is 6.57. The second-order valence-electron chi connectivity index (χ2n) is 5.13. The van der Waals surface area contributed by atoms with E-state index >= 15 is 0 Å². The zero-order valence-electron chi connectivity index (χ0n) is 9.81. The monoisotopic (exact) mass is 216 g/mol. The average Bonchev–Trinajstić information content (AvgIpc) is 2.64. The van der Waals surface area contributed by atoms with Crippen molar-refractivity contribution < 1.29 is 0 Å². The van der Waals surface area contributed by atoms with Gasteiger partial charge in [0.25, 0.3) is 0 Å². The molecule has 3 rings (SSSR count). The van der Waals surface area contributed by atoms with Gasteiger partial charge in [-0.3, -0.25) is 9.89 Å². The van der Waals surface area contributed by atoms with Crippen LogP contribution in [0.1, 0.15) is 32.1 Å². The largest absolute Gasteiger partial charge is 0.276 e. The van der Waals surface area contributed by atoms with Gasteiger partial charge in [-0.05, 0) is 31.4 Å². The van der Waals surface area contributed by atoms with Gasteiger partial charge in [0, 0.05) is 25.2 Å². The molecule has 3 aliphatic rings. The van der Waals surface area contributed by atoms with Gasteiger partial charge in [-0.1, -0.05) is 25.0 Å². The lowest BCUT2D eigenvalue weighted by atomic mass is 9.87. The van der Waals surface area contributed by atoms with Gasteiger partial charge in [0.05, 0.1) is 0 Å². The third-order valence-corrected chi connectivity index (χ3v) is 4.25. The van der Waals surface area contributed by atoms with E-state index in [1.807, 2.05) is 12.3 Å². The molecule has 16 heavy (non-hydrogen) atoms. The highest BCUT2D eigenvalue weighted by Crippen LogP contribution is 2.42. The van der Waals surface area contributed by atoms with Crippen molar-refractivity contribution in [3.63, 3.8) is 0 Å². The van der Waals surface area contributed by atoms with E-state index in [9.17, 15) is 0 Å². The Kier molecular flexibility index (Phi) is 2.68. The molecule has 86 valence electrons. The number of aliphatic imine (C=N–C) groups is 1. The predicted molar refractivity (Wildman–Crippen MR) is 67.7 cm³/mol. The summed E-state index contributed by atoms with van der Waals surface area (Å²) in [6, 6.07) is 0. The maximum absolute atomic E-state index is 4.89. The van der Waals surface area contributed by atoms with Gasteiger partial charge in [-0.15, -0.1) is 0 Å². The average molecular weight is 216 g/mol. The summed E-state index contributed by atoms with van der Waals surface area (Å²) in [6.07, 6.45) is 17.5. The molecule has 1 atom stereocenters. The number of nitrogens with zero attached hydrogens (tertiary/aromatic N) is 2. The van der Waals surface area contributed by atoms with Crippen LogP contribution in [0.3, 0.4) is 0 Å². The van der Waals surface area contributed by atoms with Crippen LogP contribution in [0.5, 0.6) is 0 Å². The molecule has 1 saturated heterocycles. The molecule has 2 fully saturated rings. The van der Waals surface area contributed by atoms with Crippen LogP contribution < -0.4 is 0 Å². The quantitative estimate of drug-likeness (QED) is 0.693. The highest BCUT2D eigenvalue weighted by atomic mass is 15.3. The summed E-state index contributed by atoms with van der Waals surface area (Å²) in [7, 11) is 0. The van der Waals surface area contributed by atoms with Crippen LogP contribution in [0.4, 0.5) is 0 Å². The Morgan fingerprint density at radius 3 is 2.50 bits per heavy atom. The van der Waals surface area contributed by atoms with Crippen LogP contribution >= 0.6 is 0 Å². The van der Waals surface area contributed by atoms with Crippen molar-refractivity contribution in [3.8, 4) is 0 Å². The van der Waals surface area contributed by atoms with Gasteiger partial charge in [0.2, 0.25) is 0 Å². The van der Waals surface area contributed by atoms with Gasteiger partial charge in [0.15, 0.2) is 0 Å². The van der Waals surface area contributed by atoms with Crippen molar-refractivity contribution in [2.24, 2.45) is 10.9 Å². The van der Waals surface area contributed by atoms with Crippen molar-refractivity contribution in [2.45, 2.75) is 37.8 Å². The van der Waals surface area contributed by atoms with Gasteiger partial charge in [-0.25, -0.2) is 0 Å². The van der Waals surface area contributed by atoms with Crippen molar-refractivity contribution >= 4 is 6.21 Å². The van der Waals surface area contributed by atoms with E-state index in [0.717, 1.165) is 5.92 Å². The van der Waals surface area contributed by atoms with E-state index in [4.69, 9.17) is 4.99 Å². The number of rotatable bonds is 2. The van der Waals surface area contributed by atoms with Crippen LogP contribution in [0.2, 0.25) is 0 Å². The molecule has 0 aromatic rings. The molecular weight excluding hydrogens is 196 g/mol. The molecule has 0 spiro atoms. The Morgan fingerprint density at radius 2 is 1.81 bits per heavy atom. The first-order valence-electron chi connectivity index (χ1n) is 6.57. The van der Waals surface area contributed by atoms with Crippen molar-refractivity contribution in [1.82, 2.24) is 4.90 Å². The molecule has 2 aliphatic heterocycles. The zero-order chi connectivity index (χ0) is 10.8. The molecule has 0 radical (unpaired) electrons. The summed E-state index contributed by atoms with van der Waals surface area (Å²) in [4.78, 5) is 7.44. The molecule has 1 unspecified atom stereocenters. The lowest BCUT2D eigenvalue weighted by molar-refractivity contribution is 0.0280. The minimum Gasteiger partial charge on any atom is -0.276 e. The summed E-state index contributed by atoms with van der Waals surface area (Å²) in [5.41, 5.74) is -0.00174. The smallest absolute Gasteiger partial charge is 0.134 e. The SMILES string of the molecule is C1=CC=NC(C2CCCC2)(N2CCC2)C=C1. The summed E-state index contributed by atoms with van der Waals surface area (Å²) in [6.45, 7) is 2.44. The Balaban J connectivity index is 1.92. The molecule has 1 saturated carbocycles. The van der Waals surface area contributed by atoms with Crippen LogP contribution in [0.15, 0.2) is 29.3 Å². The standard InChI is InChI=1S/C14H20N2/c1-4-9-14(15-10-5-1,16-11-6-12-16)13-7-2-3-8-13/h1,4-5,9-10,13H,2-3,6-8,11-12H2. The lowest BCUT2D eigenvalue weighted by Crippen LogP contribution is -2.56. The molecule has 2 heterocycles. The molecule has 0 aromatic heterocycles. The summed E-state index contributed by atoms with van der Waals surface area (Å²) in [5, 5.41) is 0. The molecule has 0 aromatic carbocycles. The molecule has 0 bridgehead atoms. The highest BCUT2D eigenvalue weighted by molar-refractivity contribution is 5.73. The topological polar surface area (TPSA) is 15.6 Å². The van der Waals surface area contributed by atoms with E-state index in [-0.39, 0.29) is 5.66 Å². The molecule has 2 heteroatoms. The zero-order valence-corrected chi connectivity index (χ0v) is 9.81. The third kappa shape index (κ3) is 1.56. The minimum atomic E-state index is -0.00174. The third-order valence-electron chi connectivity index (χ3n) is 4.25. The van der Waals surface area contributed by atoms with Gasteiger partial charge < -0.3 is 0 Å². The number of allylic oxidation sites excluding steroid dienone is 3. The summed E-state index contributed by atoms with van der Waals surface area (Å²) >= 11 is 0. The fourth-order valence-corrected chi connectivity index (χ4v) is 3.23. The number of hydrogen-bond acceptors (Lipinski definition) is 2. The predicted octanol–water partition coefficient (Wildman–Crippen LogP) is 2.78. The normalized spacial score (nSPS) is 35.2. The van der Waals surface area contributed by atoms with Gasteiger partial charge in [0.1, 0.15) is 5.66 Å². The molecular formula is C14H20N2. The van der Waals surface area contributed by atoms with Gasteiger partial charge >= 0.3 is 0 Å². The molecule has 2 nitrogen and oxygen atoms in total. The van der Waals surface area contributed by atoms with E-state index in [1.165, 1.54) is 45.2 Å². The lowest BCUT2D eigenvalue weighted by Gasteiger charge is -2.48. The van der Waals surface area contributed by atoms with Crippen molar-refractivity contribution in [1.29, 1.82) is 0 Å². The van der Waals surface area contributed by atoms with E-state index < -0.39 is 0 Å². The number of hydrogen-bond donors (Lipinski definition) is 0. The van der Waals surface area contributed by atoms with Crippen LogP contribution in [-0.4, -0.2) is 29.9 Å². The van der Waals surface area contributed by atoms with E-state index in [2.05, 4.69) is 23.1 Å². The maximum atomic E-state index is 4.89. The molecule has 0 N–H and O–H groups in total. The first kappa shape index (κ1) is 10.3. The van der Waals surface area contributed by atoms with Crippen LogP contribution in [0, 0.1) is 5.92 Å². The highest BCUT2D eigenvalue weighted by Gasteiger charge is 2.44. The second-order valence-corrected chi connectivity index (χ2v) is 5.13. The Bertz CT molecular complexity index is 315. The summed E-state index contributed by atoms with van der Waals surface area (Å²) in [5.74, 6) is 0.736. The fraction of sp³-hybridized carbons (Fsp3) is 0.643. The Morgan fingerprint density at radius 1 is 1.00 bits per heavy atom. The van der Waals surface area contributed by atoms with E-state index in [1.54, 1.807) is 0 Å². The molecule has 1 aliphatic carbocycles. The van der Waals surface area contributed by atoms with Crippen LogP contribution in [0.25, 0.3) is 0 Å². The summed E-state index contributed by atoms with van der Waals surface area (Å²) < 4.78 is 0. The fourth-order valence-electron chi connectivity index (χ4n) is 3.23. The second kappa shape index (κ2) is 4.17. The van der Waals surface area contributed by atoms with Crippen molar-refractivity contribution in [2.75, 3.05) is 13.1 Å². The minimum absolute atomic E-state index is 0.00174. The van der Waals surface area contributed by atoms with Crippen molar-refractivity contribution in [3.05, 3.63) is 24.3 Å². The Hall–Kier alpha value is -0.890. The number of likely N-dealkylation sites (tertiary alicyclic amines) is 1. The van der Waals surface area contributed by atoms with E-state index in [0.29, 0.717) is 0 Å². The first-order chi connectivity index (χ1) is 7.92. The Labute approximate surface area is 97.7 Å². The molecule has 0 amide bonds. The van der Waals surface area contributed by atoms with Gasteiger partial charge in [-0.2, -0.15) is 0 Å².